The fourth-order valence-corrected chi connectivity index (χ4v) is 2.45. The van der Waals surface area contributed by atoms with E-state index >= 15 is 0 Å². The molecule has 0 atom stereocenters. The van der Waals surface area contributed by atoms with Crippen LogP contribution in [0.2, 0.25) is 10.3 Å². The molecule has 2 aromatic heterocycles. The molecule has 0 bridgehead atoms. The molecule has 0 N–H and O–H groups in total. The third kappa shape index (κ3) is 2.70. The van der Waals surface area contributed by atoms with Crippen LogP contribution in [0.4, 0.5) is 13.2 Å². The van der Waals surface area contributed by atoms with Crippen molar-refractivity contribution in [3.63, 3.8) is 0 Å². The topological polar surface area (TPSA) is 25.8 Å². The summed E-state index contributed by atoms with van der Waals surface area (Å²) in [5.74, 6) is 0. The predicted molar refractivity (Wildman–Crippen MR) is 60.4 cm³/mol. The molecule has 2 heterocycles. The quantitative estimate of drug-likeness (QED) is 0.723. The van der Waals surface area contributed by atoms with Gasteiger partial charge >= 0.3 is 6.18 Å². The van der Waals surface area contributed by atoms with Crippen molar-refractivity contribution in [2.45, 2.75) is 6.18 Å². The Kier molecular flexibility index (Phi) is 3.29. The Morgan fingerprint density at radius 3 is 2.41 bits per heavy atom. The zero-order valence-corrected chi connectivity index (χ0v) is 10.3. The van der Waals surface area contributed by atoms with Crippen molar-refractivity contribution in [2.24, 2.45) is 0 Å². The molecule has 2 rings (SSSR count). The maximum atomic E-state index is 12.5. The second-order valence-corrected chi connectivity index (χ2v) is 4.66. The van der Waals surface area contributed by atoms with Crippen molar-refractivity contribution >= 4 is 34.5 Å². The summed E-state index contributed by atoms with van der Waals surface area (Å²) in [6.45, 7) is 0. The first-order valence-corrected chi connectivity index (χ1v) is 5.86. The van der Waals surface area contributed by atoms with E-state index in [1.807, 2.05) is 0 Å². The highest BCUT2D eigenvalue weighted by Crippen LogP contribution is 2.35. The standard InChI is InChI=1S/C9H3Cl2F3N2S/c10-4-1-2-17-7(4)5-3-6(9(12,13)14)16-8(11)15-5/h1-3H. The Hall–Kier alpha value is -0.850. The molecule has 0 spiro atoms. The average molecular weight is 299 g/mol. The number of aromatic nitrogens is 2. The fraction of sp³-hybridized carbons (Fsp3) is 0.111. The van der Waals surface area contributed by atoms with Gasteiger partial charge in [-0.1, -0.05) is 11.6 Å². The van der Waals surface area contributed by atoms with Gasteiger partial charge in [0.2, 0.25) is 5.28 Å². The molecule has 0 saturated heterocycles. The maximum absolute atomic E-state index is 12.5. The van der Waals surface area contributed by atoms with Crippen LogP contribution in [-0.4, -0.2) is 9.97 Å². The summed E-state index contributed by atoms with van der Waals surface area (Å²) < 4.78 is 37.5. The summed E-state index contributed by atoms with van der Waals surface area (Å²) in [6, 6.07) is 2.40. The molecular weight excluding hydrogens is 296 g/mol. The second kappa shape index (κ2) is 4.44. The van der Waals surface area contributed by atoms with E-state index in [4.69, 9.17) is 23.2 Å². The van der Waals surface area contributed by atoms with E-state index in [9.17, 15) is 13.2 Å². The number of rotatable bonds is 1. The zero-order chi connectivity index (χ0) is 12.6. The Balaban J connectivity index is 2.57. The lowest BCUT2D eigenvalue weighted by molar-refractivity contribution is -0.141. The van der Waals surface area contributed by atoms with E-state index in [2.05, 4.69) is 9.97 Å². The molecule has 0 radical (unpaired) electrons. The first-order chi connectivity index (χ1) is 7.88. The lowest BCUT2D eigenvalue weighted by atomic mass is 10.3. The molecule has 0 aliphatic rings. The first kappa shape index (κ1) is 12.6. The van der Waals surface area contributed by atoms with Crippen LogP contribution in [0, 0.1) is 0 Å². The van der Waals surface area contributed by atoms with Gasteiger partial charge in [-0.25, -0.2) is 9.97 Å². The number of hydrogen-bond donors (Lipinski definition) is 0. The number of hydrogen-bond acceptors (Lipinski definition) is 3. The summed E-state index contributed by atoms with van der Waals surface area (Å²) in [5, 5.41) is 1.53. The highest BCUT2D eigenvalue weighted by molar-refractivity contribution is 7.14. The van der Waals surface area contributed by atoms with Crippen LogP contribution in [-0.2, 0) is 6.18 Å². The largest absolute Gasteiger partial charge is 0.433 e. The van der Waals surface area contributed by atoms with E-state index in [1.54, 1.807) is 11.4 Å². The minimum Gasteiger partial charge on any atom is -0.217 e. The summed E-state index contributed by atoms with van der Waals surface area (Å²) >= 11 is 12.5. The molecule has 2 aromatic rings. The Labute approximate surface area is 108 Å². The van der Waals surface area contributed by atoms with Gasteiger partial charge in [0, 0.05) is 0 Å². The second-order valence-electron chi connectivity index (χ2n) is 3.00. The van der Waals surface area contributed by atoms with Crippen molar-refractivity contribution < 1.29 is 13.2 Å². The molecule has 0 aromatic carbocycles. The minimum absolute atomic E-state index is 0.0670. The van der Waals surface area contributed by atoms with Crippen LogP contribution in [0.3, 0.4) is 0 Å². The molecule has 17 heavy (non-hydrogen) atoms. The van der Waals surface area contributed by atoms with Gasteiger partial charge in [0.1, 0.15) is 5.69 Å². The van der Waals surface area contributed by atoms with Gasteiger partial charge in [-0.15, -0.1) is 11.3 Å². The van der Waals surface area contributed by atoms with Crippen molar-refractivity contribution in [1.29, 1.82) is 0 Å². The SMILES string of the molecule is FC(F)(F)c1cc(-c2sccc2Cl)nc(Cl)n1. The van der Waals surface area contributed by atoms with Crippen LogP contribution in [0.1, 0.15) is 5.69 Å². The van der Waals surface area contributed by atoms with E-state index < -0.39 is 17.2 Å². The number of thiophene rings is 1. The van der Waals surface area contributed by atoms with Gasteiger partial charge < -0.3 is 0 Å². The maximum Gasteiger partial charge on any atom is 0.433 e. The van der Waals surface area contributed by atoms with E-state index in [1.165, 1.54) is 11.3 Å². The summed E-state index contributed by atoms with van der Waals surface area (Å²) in [5.41, 5.74) is -1.02. The van der Waals surface area contributed by atoms with Crippen LogP contribution in [0.15, 0.2) is 17.5 Å². The third-order valence-corrected chi connectivity index (χ3v) is 3.37. The van der Waals surface area contributed by atoms with Crippen LogP contribution in [0.25, 0.3) is 10.6 Å². The summed E-state index contributed by atoms with van der Waals surface area (Å²) in [7, 11) is 0. The predicted octanol–water partition coefficient (Wildman–Crippen LogP) is 4.53. The van der Waals surface area contributed by atoms with Gasteiger partial charge in [-0.05, 0) is 29.1 Å². The smallest absolute Gasteiger partial charge is 0.217 e. The zero-order valence-electron chi connectivity index (χ0n) is 7.92. The molecular formula is C9H3Cl2F3N2S. The van der Waals surface area contributed by atoms with Gasteiger partial charge in [-0.3, -0.25) is 0 Å². The van der Waals surface area contributed by atoms with Crippen molar-refractivity contribution in [1.82, 2.24) is 9.97 Å². The monoisotopic (exact) mass is 298 g/mol. The molecule has 0 aliphatic carbocycles. The first-order valence-electron chi connectivity index (χ1n) is 4.23. The Bertz CT molecular complexity index is 553. The summed E-state index contributed by atoms with van der Waals surface area (Å²) in [6.07, 6.45) is -4.56. The van der Waals surface area contributed by atoms with E-state index in [-0.39, 0.29) is 5.69 Å². The highest BCUT2D eigenvalue weighted by Gasteiger charge is 2.33. The molecule has 2 nitrogen and oxygen atoms in total. The molecule has 90 valence electrons. The van der Waals surface area contributed by atoms with Gasteiger partial charge in [0.15, 0.2) is 0 Å². The van der Waals surface area contributed by atoms with Crippen molar-refractivity contribution in [3.05, 3.63) is 33.5 Å². The molecule has 0 fully saturated rings. The van der Waals surface area contributed by atoms with Crippen molar-refractivity contribution in [2.75, 3.05) is 0 Å². The molecule has 8 heteroatoms. The van der Waals surface area contributed by atoms with E-state index in [0.29, 0.717) is 9.90 Å². The average Bonchev–Trinajstić information content (AvgIpc) is 2.62. The molecule has 0 unspecified atom stereocenters. The molecule has 0 amide bonds. The fourth-order valence-electron chi connectivity index (χ4n) is 1.16. The van der Waals surface area contributed by atoms with Crippen molar-refractivity contribution in [3.8, 4) is 10.6 Å². The lowest BCUT2D eigenvalue weighted by Crippen LogP contribution is -2.09. The van der Waals surface area contributed by atoms with Gasteiger partial charge in [-0.2, -0.15) is 13.2 Å². The molecule has 0 saturated carbocycles. The van der Waals surface area contributed by atoms with Crippen LogP contribution in [0.5, 0.6) is 0 Å². The number of halogens is 5. The number of nitrogens with zero attached hydrogens (tertiary/aromatic N) is 2. The van der Waals surface area contributed by atoms with E-state index in [0.717, 1.165) is 6.07 Å². The van der Waals surface area contributed by atoms with Gasteiger partial charge in [0.25, 0.3) is 0 Å². The number of alkyl halides is 3. The Morgan fingerprint density at radius 1 is 1.18 bits per heavy atom. The van der Waals surface area contributed by atoms with Crippen LogP contribution < -0.4 is 0 Å². The molecule has 0 aliphatic heterocycles. The minimum atomic E-state index is -4.56. The highest BCUT2D eigenvalue weighted by atomic mass is 35.5. The third-order valence-electron chi connectivity index (χ3n) is 1.84. The summed E-state index contributed by atoms with van der Waals surface area (Å²) in [4.78, 5) is 7.30. The Morgan fingerprint density at radius 2 is 1.88 bits per heavy atom. The van der Waals surface area contributed by atoms with Crippen LogP contribution >= 0.6 is 34.5 Å². The lowest BCUT2D eigenvalue weighted by Gasteiger charge is -2.07. The normalized spacial score (nSPS) is 11.8. The van der Waals surface area contributed by atoms with Gasteiger partial charge in [0.05, 0.1) is 15.6 Å².